The Balaban J connectivity index is 1.67. The minimum Gasteiger partial charge on any atom is -0.322 e. The van der Waals surface area contributed by atoms with Crippen LogP contribution in [0.25, 0.3) is 10.9 Å². The molecule has 0 unspecified atom stereocenters. The number of nitrogens with zero attached hydrogens (tertiary/aromatic N) is 1. The van der Waals surface area contributed by atoms with Crippen molar-refractivity contribution in [2.24, 2.45) is 0 Å². The Morgan fingerprint density at radius 2 is 1.86 bits per heavy atom. The molecule has 2 aromatic carbocycles. The molecule has 0 saturated heterocycles. The number of halogens is 1. The van der Waals surface area contributed by atoms with Gasteiger partial charge in [0.05, 0.1) is 10.4 Å². The summed E-state index contributed by atoms with van der Waals surface area (Å²) < 4.78 is 0. The predicted octanol–water partition coefficient (Wildman–Crippen LogP) is 4.22. The number of fused-ring (bicyclic) bond motifs is 3. The molecular formula is C20H16ClN3O4. The van der Waals surface area contributed by atoms with Crippen molar-refractivity contribution in [3.05, 3.63) is 78.6 Å². The number of nitrogens with one attached hydrogen (secondary N) is 2. The van der Waals surface area contributed by atoms with Crippen LogP contribution < -0.4 is 10.9 Å². The Kier molecular flexibility index (Phi) is 4.60. The molecule has 0 spiro atoms. The lowest BCUT2D eigenvalue weighted by Crippen LogP contribution is -2.19. The molecule has 2 N–H and O–H groups in total. The average Bonchev–Trinajstić information content (AvgIpc) is 2.68. The molecule has 0 bridgehead atoms. The number of aryl methyl sites for hydroxylation is 1. The zero-order valence-corrected chi connectivity index (χ0v) is 15.5. The number of amides is 1. The highest BCUT2D eigenvalue weighted by atomic mass is 35.5. The van der Waals surface area contributed by atoms with E-state index in [1.54, 1.807) is 12.1 Å². The zero-order chi connectivity index (χ0) is 19.8. The number of nitro groups is 1. The molecule has 0 fully saturated rings. The Bertz CT molecular complexity index is 1190. The van der Waals surface area contributed by atoms with Crippen LogP contribution in [-0.2, 0) is 12.8 Å². The molecule has 1 aliphatic rings. The van der Waals surface area contributed by atoms with Gasteiger partial charge in [-0.2, -0.15) is 0 Å². The fourth-order valence-corrected chi connectivity index (χ4v) is 3.82. The van der Waals surface area contributed by atoms with E-state index in [4.69, 9.17) is 11.6 Å². The van der Waals surface area contributed by atoms with Crippen LogP contribution in [0.4, 0.5) is 11.4 Å². The fraction of sp³-hybridized carbons (Fsp3) is 0.200. The van der Waals surface area contributed by atoms with Crippen LogP contribution >= 0.6 is 11.6 Å². The Hall–Kier alpha value is -3.19. The number of benzene rings is 2. The summed E-state index contributed by atoms with van der Waals surface area (Å²) >= 11 is 5.79. The normalized spacial score (nSPS) is 13.2. The Labute approximate surface area is 164 Å². The highest BCUT2D eigenvalue weighted by Gasteiger charge is 2.18. The average molecular weight is 398 g/mol. The van der Waals surface area contributed by atoms with Crippen LogP contribution in [0.5, 0.6) is 0 Å². The number of hydrogen-bond donors (Lipinski definition) is 2. The molecule has 1 heterocycles. The molecule has 1 aliphatic carbocycles. The molecular weight excluding hydrogens is 382 g/mol. The topological polar surface area (TPSA) is 105 Å². The quantitative estimate of drug-likeness (QED) is 0.509. The summed E-state index contributed by atoms with van der Waals surface area (Å²) in [5, 5.41) is 14.7. The first-order valence-electron chi connectivity index (χ1n) is 8.87. The second kappa shape index (κ2) is 7.09. The monoisotopic (exact) mass is 397 g/mol. The molecule has 0 saturated carbocycles. The van der Waals surface area contributed by atoms with Gasteiger partial charge in [-0.15, -0.1) is 0 Å². The van der Waals surface area contributed by atoms with Gasteiger partial charge in [-0.25, -0.2) is 0 Å². The lowest BCUT2D eigenvalue weighted by Gasteiger charge is -2.17. The van der Waals surface area contributed by atoms with E-state index in [0.717, 1.165) is 48.3 Å². The van der Waals surface area contributed by atoms with Crippen molar-refractivity contribution in [1.29, 1.82) is 0 Å². The van der Waals surface area contributed by atoms with Gasteiger partial charge in [0.25, 0.3) is 17.2 Å². The van der Waals surface area contributed by atoms with Gasteiger partial charge < -0.3 is 10.3 Å². The van der Waals surface area contributed by atoms with Crippen molar-refractivity contribution in [3.8, 4) is 0 Å². The van der Waals surface area contributed by atoms with E-state index >= 15 is 0 Å². The van der Waals surface area contributed by atoms with E-state index in [1.807, 2.05) is 6.07 Å². The fourth-order valence-electron chi connectivity index (χ4n) is 3.64. The number of rotatable bonds is 3. The van der Waals surface area contributed by atoms with Gasteiger partial charge in [0.2, 0.25) is 0 Å². The molecule has 7 nitrogen and oxygen atoms in total. The van der Waals surface area contributed by atoms with Crippen molar-refractivity contribution >= 4 is 39.8 Å². The third kappa shape index (κ3) is 3.25. The lowest BCUT2D eigenvalue weighted by atomic mass is 9.90. The molecule has 0 radical (unpaired) electrons. The van der Waals surface area contributed by atoms with Gasteiger partial charge in [0.1, 0.15) is 5.02 Å². The maximum atomic E-state index is 12.5. The van der Waals surface area contributed by atoms with Crippen molar-refractivity contribution in [2.45, 2.75) is 25.7 Å². The first kappa shape index (κ1) is 18.2. The smallest absolute Gasteiger partial charge is 0.288 e. The second-order valence-electron chi connectivity index (χ2n) is 6.76. The van der Waals surface area contributed by atoms with Gasteiger partial charge in [-0.05, 0) is 55.5 Å². The SMILES string of the molecule is O=C(Nc1ccc2c3c(c(=O)[nH]c2c1)CCCC3)c1ccc(Cl)c([N+](=O)[O-])c1. The highest BCUT2D eigenvalue weighted by Crippen LogP contribution is 2.28. The number of anilines is 1. The number of pyridine rings is 1. The number of aromatic nitrogens is 1. The Morgan fingerprint density at radius 1 is 1.11 bits per heavy atom. The number of nitro benzene ring substituents is 1. The summed E-state index contributed by atoms with van der Waals surface area (Å²) in [5.41, 5.74) is 2.78. The number of carbonyl (C=O) groups excluding carboxylic acids is 1. The lowest BCUT2D eigenvalue weighted by molar-refractivity contribution is -0.384. The van der Waals surface area contributed by atoms with E-state index < -0.39 is 10.8 Å². The van der Waals surface area contributed by atoms with Gasteiger partial charge in [-0.1, -0.05) is 17.7 Å². The van der Waals surface area contributed by atoms with Crippen LogP contribution in [0.1, 0.15) is 34.3 Å². The van der Waals surface area contributed by atoms with Crippen LogP contribution in [-0.4, -0.2) is 15.8 Å². The summed E-state index contributed by atoms with van der Waals surface area (Å²) in [6, 6.07) is 9.22. The van der Waals surface area contributed by atoms with Crippen LogP contribution in [0, 0.1) is 10.1 Å². The summed E-state index contributed by atoms with van der Waals surface area (Å²) in [6.45, 7) is 0. The molecule has 0 aliphatic heterocycles. The molecule has 0 atom stereocenters. The summed E-state index contributed by atoms with van der Waals surface area (Å²) in [7, 11) is 0. The maximum absolute atomic E-state index is 12.5. The summed E-state index contributed by atoms with van der Waals surface area (Å²) in [4.78, 5) is 38.1. The van der Waals surface area contributed by atoms with Crippen molar-refractivity contribution in [2.75, 3.05) is 5.32 Å². The van der Waals surface area contributed by atoms with Crippen molar-refractivity contribution < 1.29 is 9.72 Å². The summed E-state index contributed by atoms with van der Waals surface area (Å²) in [6.07, 6.45) is 3.73. The minimum atomic E-state index is -0.636. The van der Waals surface area contributed by atoms with Crippen LogP contribution in [0.15, 0.2) is 41.2 Å². The molecule has 28 heavy (non-hydrogen) atoms. The summed E-state index contributed by atoms with van der Waals surface area (Å²) in [5.74, 6) is -0.501. The third-order valence-electron chi connectivity index (χ3n) is 5.00. The Morgan fingerprint density at radius 3 is 2.61 bits per heavy atom. The maximum Gasteiger partial charge on any atom is 0.288 e. The third-order valence-corrected chi connectivity index (χ3v) is 5.32. The minimum absolute atomic E-state index is 0.0328. The van der Waals surface area contributed by atoms with E-state index in [0.29, 0.717) is 11.2 Å². The van der Waals surface area contributed by atoms with E-state index in [2.05, 4.69) is 10.3 Å². The first-order chi connectivity index (χ1) is 13.4. The molecule has 1 amide bonds. The highest BCUT2D eigenvalue weighted by molar-refractivity contribution is 6.32. The number of H-pyrrole nitrogens is 1. The van der Waals surface area contributed by atoms with Crippen molar-refractivity contribution in [3.63, 3.8) is 0 Å². The molecule has 1 aromatic heterocycles. The standard InChI is InChI=1S/C20H16ClN3O4/c21-16-8-5-11(9-18(16)24(27)28)19(25)22-12-6-7-14-13-3-1-2-4-15(13)20(26)23-17(14)10-12/h5-10H,1-4H2,(H,22,25)(H,23,26). The number of hydrogen-bond acceptors (Lipinski definition) is 4. The van der Waals surface area contributed by atoms with E-state index in [-0.39, 0.29) is 21.8 Å². The molecule has 142 valence electrons. The van der Waals surface area contributed by atoms with Gasteiger partial charge in [0.15, 0.2) is 0 Å². The van der Waals surface area contributed by atoms with Gasteiger partial charge in [0, 0.05) is 28.3 Å². The van der Waals surface area contributed by atoms with Crippen molar-refractivity contribution in [1.82, 2.24) is 4.98 Å². The number of carbonyl (C=O) groups is 1. The van der Waals surface area contributed by atoms with E-state index in [1.165, 1.54) is 12.1 Å². The molecule has 3 aromatic rings. The molecule has 8 heteroatoms. The molecule has 4 rings (SSSR count). The predicted molar refractivity (Wildman–Crippen MR) is 107 cm³/mol. The zero-order valence-electron chi connectivity index (χ0n) is 14.8. The van der Waals surface area contributed by atoms with Gasteiger partial charge >= 0.3 is 0 Å². The van der Waals surface area contributed by atoms with Crippen LogP contribution in [0.3, 0.4) is 0 Å². The largest absolute Gasteiger partial charge is 0.322 e. The van der Waals surface area contributed by atoms with Crippen LogP contribution in [0.2, 0.25) is 5.02 Å². The second-order valence-corrected chi connectivity index (χ2v) is 7.16. The number of aromatic amines is 1. The first-order valence-corrected chi connectivity index (χ1v) is 9.25. The van der Waals surface area contributed by atoms with Gasteiger partial charge in [-0.3, -0.25) is 19.7 Å². The van der Waals surface area contributed by atoms with E-state index in [9.17, 15) is 19.7 Å².